The van der Waals surface area contributed by atoms with Gasteiger partial charge in [-0.1, -0.05) is 19.9 Å². The largest absolute Gasteiger partial charge is 1.00 e. The molecule has 2 N–H and O–H groups in total. The predicted molar refractivity (Wildman–Crippen MR) is 72.1 cm³/mol. The van der Waals surface area contributed by atoms with E-state index in [2.05, 4.69) is 19.2 Å². The molecule has 0 saturated heterocycles. The number of amides is 1. The van der Waals surface area contributed by atoms with Crippen LogP contribution in [0.4, 0.5) is 10.5 Å². The maximum Gasteiger partial charge on any atom is 0.414 e. The van der Waals surface area contributed by atoms with Crippen LogP contribution in [-0.2, 0) is 0 Å². The maximum atomic E-state index is 11.5. The third-order valence-electron chi connectivity index (χ3n) is 2.91. The third-order valence-corrected chi connectivity index (χ3v) is 2.91. The Kier molecular flexibility index (Phi) is 8.19. The summed E-state index contributed by atoms with van der Waals surface area (Å²) in [4.78, 5) is 12.9. The van der Waals surface area contributed by atoms with Gasteiger partial charge in [-0.2, -0.15) is 0 Å². The van der Waals surface area contributed by atoms with Crippen molar-refractivity contribution in [2.24, 2.45) is 0 Å². The second-order valence-electron chi connectivity index (χ2n) is 4.58. The van der Waals surface area contributed by atoms with E-state index in [9.17, 15) is 4.79 Å². The summed E-state index contributed by atoms with van der Waals surface area (Å²) in [6.45, 7) is 4.36. The molecule has 4 nitrogen and oxygen atoms in total. The SMILES string of the molecule is CCC(CC)[NH2+]c1cccc(OC(=O)N(C)C)c1.[Cl-]. The lowest BCUT2D eigenvalue weighted by atomic mass is 10.1. The minimum atomic E-state index is -0.352. The van der Waals surface area contributed by atoms with Gasteiger partial charge in [0.1, 0.15) is 11.4 Å². The van der Waals surface area contributed by atoms with E-state index in [1.807, 2.05) is 18.2 Å². The fourth-order valence-corrected chi connectivity index (χ4v) is 1.67. The summed E-state index contributed by atoms with van der Waals surface area (Å²) < 4.78 is 5.23. The Balaban J connectivity index is 0.00000324. The highest BCUT2D eigenvalue weighted by atomic mass is 35.5. The topological polar surface area (TPSA) is 46.1 Å². The monoisotopic (exact) mass is 286 g/mol. The highest BCUT2D eigenvalue weighted by molar-refractivity contribution is 5.70. The smallest absolute Gasteiger partial charge is 0.414 e. The second kappa shape index (κ2) is 8.77. The van der Waals surface area contributed by atoms with Crippen molar-refractivity contribution in [2.45, 2.75) is 32.7 Å². The standard InChI is InChI=1S/C14H22N2O2.ClH/c1-5-11(6-2)15-12-8-7-9-13(10-12)18-14(17)16(3)4;/h7-11,15H,5-6H2,1-4H3;1H. The molecule has 0 heterocycles. The summed E-state index contributed by atoms with van der Waals surface area (Å²) in [5, 5.41) is 2.23. The zero-order valence-electron chi connectivity index (χ0n) is 12.0. The van der Waals surface area contributed by atoms with Crippen molar-refractivity contribution in [3.8, 4) is 5.75 Å². The minimum Gasteiger partial charge on any atom is -1.00 e. The van der Waals surface area contributed by atoms with Crippen LogP contribution in [0.25, 0.3) is 0 Å². The van der Waals surface area contributed by atoms with Crippen LogP contribution in [0.3, 0.4) is 0 Å². The molecule has 0 saturated carbocycles. The summed E-state index contributed by atoms with van der Waals surface area (Å²) in [6.07, 6.45) is 1.89. The first kappa shape index (κ1) is 17.7. The van der Waals surface area contributed by atoms with Gasteiger partial charge in [-0.05, 0) is 25.0 Å². The third kappa shape index (κ3) is 5.94. The Bertz CT molecular complexity index is 393. The average Bonchev–Trinajstić information content (AvgIpc) is 2.36. The molecule has 0 aliphatic carbocycles. The average molecular weight is 287 g/mol. The van der Waals surface area contributed by atoms with Crippen molar-refractivity contribution >= 4 is 11.8 Å². The number of benzene rings is 1. The van der Waals surface area contributed by atoms with Crippen molar-refractivity contribution < 1.29 is 27.3 Å². The first-order valence-electron chi connectivity index (χ1n) is 6.40. The Hall–Kier alpha value is -1.26. The van der Waals surface area contributed by atoms with Gasteiger partial charge in [-0.25, -0.2) is 4.79 Å². The van der Waals surface area contributed by atoms with Gasteiger partial charge in [0.2, 0.25) is 0 Å². The molecule has 1 amide bonds. The molecule has 108 valence electrons. The zero-order chi connectivity index (χ0) is 13.5. The van der Waals surface area contributed by atoms with Crippen LogP contribution in [0.15, 0.2) is 24.3 Å². The number of nitrogens with two attached hydrogens (primary N) is 1. The van der Waals surface area contributed by atoms with Crippen LogP contribution in [-0.4, -0.2) is 31.1 Å². The van der Waals surface area contributed by atoms with E-state index in [0.29, 0.717) is 11.8 Å². The summed E-state index contributed by atoms with van der Waals surface area (Å²) in [7, 11) is 3.34. The number of ether oxygens (including phenoxy) is 1. The molecular weight excluding hydrogens is 264 g/mol. The Morgan fingerprint density at radius 1 is 1.32 bits per heavy atom. The number of carbonyl (C=O) groups excluding carboxylic acids is 1. The zero-order valence-corrected chi connectivity index (χ0v) is 12.8. The van der Waals surface area contributed by atoms with Crippen LogP contribution in [0, 0.1) is 0 Å². The summed E-state index contributed by atoms with van der Waals surface area (Å²) in [5.74, 6) is 0.591. The second-order valence-corrected chi connectivity index (χ2v) is 4.58. The van der Waals surface area contributed by atoms with Crippen molar-refractivity contribution in [3.05, 3.63) is 24.3 Å². The maximum absolute atomic E-state index is 11.5. The van der Waals surface area contributed by atoms with Gasteiger partial charge < -0.3 is 27.4 Å². The number of nitrogens with zero attached hydrogens (tertiary/aromatic N) is 1. The number of carbonyl (C=O) groups is 1. The molecule has 0 bridgehead atoms. The van der Waals surface area contributed by atoms with Gasteiger partial charge in [-0.15, -0.1) is 0 Å². The van der Waals surface area contributed by atoms with Gasteiger partial charge in [0.15, 0.2) is 0 Å². The lowest BCUT2D eigenvalue weighted by Gasteiger charge is -2.13. The normalized spacial score (nSPS) is 9.95. The molecule has 0 aromatic heterocycles. The minimum absolute atomic E-state index is 0. The molecule has 0 aliphatic heterocycles. The molecule has 5 heteroatoms. The molecule has 0 unspecified atom stereocenters. The Morgan fingerprint density at radius 2 is 1.95 bits per heavy atom. The van der Waals surface area contributed by atoms with E-state index in [0.717, 1.165) is 18.5 Å². The van der Waals surface area contributed by atoms with E-state index in [1.54, 1.807) is 20.2 Å². The van der Waals surface area contributed by atoms with Gasteiger partial charge in [-0.3, -0.25) is 0 Å². The molecule has 0 spiro atoms. The summed E-state index contributed by atoms with van der Waals surface area (Å²) in [5.41, 5.74) is 1.10. The van der Waals surface area contributed by atoms with Crippen molar-refractivity contribution in [1.29, 1.82) is 0 Å². The van der Waals surface area contributed by atoms with Crippen LogP contribution < -0.4 is 22.5 Å². The van der Waals surface area contributed by atoms with Crippen LogP contribution in [0.5, 0.6) is 5.75 Å². The fraction of sp³-hybridized carbons (Fsp3) is 0.500. The molecule has 0 atom stereocenters. The number of quaternary nitrogens is 1. The van der Waals surface area contributed by atoms with Crippen molar-refractivity contribution in [2.75, 3.05) is 14.1 Å². The van der Waals surface area contributed by atoms with Gasteiger partial charge >= 0.3 is 6.09 Å². The highest BCUT2D eigenvalue weighted by Crippen LogP contribution is 2.15. The molecule has 1 rings (SSSR count). The first-order valence-corrected chi connectivity index (χ1v) is 6.40. The highest BCUT2D eigenvalue weighted by Gasteiger charge is 2.11. The molecule has 1 aromatic carbocycles. The van der Waals surface area contributed by atoms with E-state index in [4.69, 9.17) is 4.74 Å². The van der Waals surface area contributed by atoms with E-state index in [-0.39, 0.29) is 18.5 Å². The van der Waals surface area contributed by atoms with Crippen molar-refractivity contribution in [1.82, 2.24) is 4.90 Å². The molecule has 1 aromatic rings. The van der Waals surface area contributed by atoms with Crippen LogP contribution >= 0.6 is 0 Å². The number of rotatable bonds is 5. The Morgan fingerprint density at radius 3 is 2.47 bits per heavy atom. The van der Waals surface area contributed by atoms with E-state index < -0.39 is 0 Å². The summed E-state index contributed by atoms with van der Waals surface area (Å²) >= 11 is 0. The fourth-order valence-electron chi connectivity index (χ4n) is 1.67. The van der Waals surface area contributed by atoms with Crippen molar-refractivity contribution in [3.63, 3.8) is 0 Å². The van der Waals surface area contributed by atoms with Gasteiger partial charge in [0.25, 0.3) is 0 Å². The number of hydrogen-bond donors (Lipinski definition) is 1. The van der Waals surface area contributed by atoms with Gasteiger partial charge in [0, 0.05) is 20.2 Å². The quantitative estimate of drug-likeness (QED) is 0.716. The summed E-state index contributed by atoms with van der Waals surface area (Å²) in [6, 6.07) is 8.22. The molecule has 0 fully saturated rings. The van der Waals surface area contributed by atoms with Crippen LogP contribution in [0.2, 0.25) is 0 Å². The Labute approximate surface area is 121 Å². The number of hydrogen-bond acceptors (Lipinski definition) is 2. The lowest BCUT2D eigenvalue weighted by Crippen LogP contribution is -3.00. The van der Waals surface area contributed by atoms with Crippen LogP contribution in [0.1, 0.15) is 26.7 Å². The lowest BCUT2D eigenvalue weighted by molar-refractivity contribution is -0.611. The molecular formula is C14H23ClN2O2. The first-order chi connectivity index (χ1) is 8.56. The predicted octanol–water partition coefficient (Wildman–Crippen LogP) is -0.865. The molecule has 19 heavy (non-hydrogen) atoms. The van der Waals surface area contributed by atoms with Gasteiger partial charge in [0.05, 0.1) is 6.04 Å². The molecule has 0 aliphatic rings. The van der Waals surface area contributed by atoms with E-state index in [1.165, 1.54) is 4.90 Å². The number of halogens is 1. The van der Waals surface area contributed by atoms with E-state index >= 15 is 0 Å². The molecule has 0 radical (unpaired) electrons.